The van der Waals surface area contributed by atoms with Gasteiger partial charge >= 0.3 is 5.97 Å². The molecule has 1 aromatic carbocycles. The van der Waals surface area contributed by atoms with Gasteiger partial charge in [0, 0.05) is 18.2 Å². The molecule has 0 bridgehead atoms. The van der Waals surface area contributed by atoms with E-state index in [0.717, 1.165) is 5.56 Å². The molecule has 1 aliphatic heterocycles. The van der Waals surface area contributed by atoms with Gasteiger partial charge in [-0.1, -0.05) is 20.8 Å². The third-order valence-electron chi connectivity index (χ3n) is 4.01. The number of benzene rings is 1. The number of fused-ring (bicyclic) bond motifs is 1. The number of aliphatic hydroxyl groups excluding tert-OH is 1. The molecular weight excluding hydrogens is 326 g/mol. The first-order valence-electron chi connectivity index (χ1n) is 8.41. The smallest absolute Gasteiger partial charge is 0.311 e. The lowest BCUT2D eigenvalue weighted by Gasteiger charge is -2.26. The molecule has 0 amide bonds. The molecule has 0 aliphatic carbocycles. The Hall–Kier alpha value is -1.99. The van der Waals surface area contributed by atoms with E-state index in [9.17, 15) is 9.90 Å². The molecule has 1 aromatic rings. The Balaban J connectivity index is 2.31. The van der Waals surface area contributed by atoms with E-state index in [2.05, 4.69) is 5.32 Å². The van der Waals surface area contributed by atoms with Crippen LogP contribution in [0, 0.1) is 0 Å². The van der Waals surface area contributed by atoms with E-state index in [1.807, 2.05) is 20.8 Å². The average molecular weight is 353 g/mol. The predicted molar refractivity (Wildman–Crippen MR) is 92.9 cm³/mol. The minimum Gasteiger partial charge on any atom is -0.493 e. The van der Waals surface area contributed by atoms with E-state index < -0.39 is 6.10 Å². The molecule has 1 aliphatic rings. The number of rotatable bonds is 8. The second-order valence-electron chi connectivity index (χ2n) is 6.47. The first kappa shape index (κ1) is 19.3. The largest absolute Gasteiger partial charge is 0.493 e. The molecule has 2 atom stereocenters. The highest BCUT2D eigenvalue weighted by atomic mass is 16.6. The quantitative estimate of drug-likeness (QED) is 0.545. The maximum Gasteiger partial charge on any atom is 0.311 e. The van der Waals surface area contributed by atoms with E-state index in [1.165, 1.54) is 14.2 Å². The fraction of sp³-hybridized carbons (Fsp3) is 0.611. The van der Waals surface area contributed by atoms with Crippen LogP contribution in [0.3, 0.4) is 0 Å². The summed E-state index contributed by atoms with van der Waals surface area (Å²) in [6, 6.07) is 2.06. The van der Waals surface area contributed by atoms with Gasteiger partial charge in [-0.2, -0.15) is 0 Å². The molecular formula is C18H27NO6. The summed E-state index contributed by atoms with van der Waals surface area (Å²) < 4.78 is 22.0. The van der Waals surface area contributed by atoms with Crippen molar-refractivity contribution < 1.29 is 28.8 Å². The maximum absolute atomic E-state index is 11.8. The molecule has 2 rings (SSSR count). The molecule has 7 nitrogen and oxygen atoms in total. The van der Waals surface area contributed by atoms with Crippen LogP contribution in [-0.2, 0) is 4.79 Å². The number of methoxy groups -OCH3 is 2. The van der Waals surface area contributed by atoms with Crippen LogP contribution in [0.1, 0.15) is 38.7 Å². The zero-order valence-corrected chi connectivity index (χ0v) is 15.4. The second-order valence-corrected chi connectivity index (χ2v) is 6.47. The third-order valence-corrected chi connectivity index (χ3v) is 4.01. The molecule has 0 fully saturated rings. The Morgan fingerprint density at radius 2 is 2.04 bits per heavy atom. The van der Waals surface area contributed by atoms with Crippen LogP contribution in [-0.4, -0.2) is 50.6 Å². The van der Waals surface area contributed by atoms with Crippen molar-refractivity contribution in [3.8, 4) is 23.0 Å². The molecule has 0 saturated heterocycles. The van der Waals surface area contributed by atoms with E-state index in [4.69, 9.17) is 18.9 Å². The van der Waals surface area contributed by atoms with Gasteiger partial charge in [-0.15, -0.1) is 0 Å². The van der Waals surface area contributed by atoms with Gasteiger partial charge in [-0.05, 0) is 12.0 Å². The Morgan fingerprint density at radius 1 is 1.32 bits per heavy atom. The van der Waals surface area contributed by atoms with Gasteiger partial charge in [-0.3, -0.25) is 4.79 Å². The van der Waals surface area contributed by atoms with Gasteiger partial charge in [0.15, 0.2) is 11.5 Å². The van der Waals surface area contributed by atoms with Crippen LogP contribution in [0.5, 0.6) is 23.0 Å². The SMILES string of the molecule is COc1cc2c(c(OCC(O)CNC(C)C)c1OC)OC(=O)CC2C. The number of hydrogen-bond donors (Lipinski definition) is 2. The molecule has 1 heterocycles. The lowest BCUT2D eigenvalue weighted by Crippen LogP contribution is -2.35. The zero-order chi connectivity index (χ0) is 18.6. The first-order valence-corrected chi connectivity index (χ1v) is 8.41. The second kappa shape index (κ2) is 8.40. The Morgan fingerprint density at radius 3 is 2.64 bits per heavy atom. The highest BCUT2D eigenvalue weighted by Crippen LogP contribution is 2.51. The van der Waals surface area contributed by atoms with E-state index >= 15 is 0 Å². The molecule has 0 aromatic heterocycles. The van der Waals surface area contributed by atoms with Gasteiger partial charge in [0.1, 0.15) is 12.7 Å². The number of carbonyl (C=O) groups excluding carboxylic acids is 1. The van der Waals surface area contributed by atoms with Crippen LogP contribution >= 0.6 is 0 Å². The molecule has 140 valence electrons. The van der Waals surface area contributed by atoms with Crippen molar-refractivity contribution >= 4 is 5.97 Å². The Labute approximate surface area is 148 Å². The summed E-state index contributed by atoms with van der Waals surface area (Å²) in [6.45, 7) is 6.35. The van der Waals surface area contributed by atoms with Crippen molar-refractivity contribution in [3.63, 3.8) is 0 Å². The van der Waals surface area contributed by atoms with Crippen LogP contribution in [0.25, 0.3) is 0 Å². The maximum atomic E-state index is 11.8. The Kier molecular flexibility index (Phi) is 6.50. The van der Waals surface area contributed by atoms with Crippen LogP contribution in [0.2, 0.25) is 0 Å². The fourth-order valence-electron chi connectivity index (χ4n) is 2.69. The van der Waals surface area contributed by atoms with Gasteiger partial charge < -0.3 is 29.4 Å². The molecule has 0 radical (unpaired) electrons. The molecule has 7 heteroatoms. The standard InChI is InChI=1S/C18H27NO6/c1-10(2)19-8-12(20)9-24-18-16-13(11(3)6-15(21)25-16)7-14(22-4)17(18)23-5/h7,10-12,19-20H,6,8-9H2,1-5H3. The summed E-state index contributed by atoms with van der Waals surface area (Å²) >= 11 is 0. The number of nitrogens with one attached hydrogen (secondary N) is 1. The van der Waals surface area contributed by atoms with Crippen molar-refractivity contribution in [1.29, 1.82) is 0 Å². The minimum atomic E-state index is -0.717. The first-order chi connectivity index (χ1) is 11.9. The zero-order valence-electron chi connectivity index (χ0n) is 15.4. The molecule has 2 unspecified atom stereocenters. The summed E-state index contributed by atoms with van der Waals surface area (Å²) in [5.74, 6) is 1.11. The number of hydrogen-bond acceptors (Lipinski definition) is 7. The summed E-state index contributed by atoms with van der Waals surface area (Å²) in [6.07, 6.45) is -0.422. The number of aliphatic hydroxyl groups is 1. The number of esters is 1. The average Bonchev–Trinajstić information content (AvgIpc) is 2.57. The summed E-state index contributed by atoms with van der Waals surface area (Å²) in [5.41, 5.74) is 0.821. The summed E-state index contributed by atoms with van der Waals surface area (Å²) in [4.78, 5) is 11.8. The van der Waals surface area contributed by atoms with Gasteiger partial charge in [0.2, 0.25) is 11.5 Å². The van der Waals surface area contributed by atoms with E-state index in [0.29, 0.717) is 30.2 Å². The highest BCUT2D eigenvalue weighted by molar-refractivity contribution is 5.79. The highest BCUT2D eigenvalue weighted by Gasteiger charge is 2.32. The normalized spacial score (nSPS) is 17.7. The van der Waals surface area contributed by atoms with Crippen LogP contribution in [0.4, 0.5) is 0 Å². The number of ether oxygens (including phenoxy) is 4. The lowest BCUT2D eigenvalue weighted by molar-refractivity contribution is -0.135. The van der Waals surface area contributed by atoms with Crippen molar-refractivity contribution in [1.82, 2.24) is 5.32 Å². The predicted octanol–water partition coefficient (Wildman–Crippen LogP) is 1.85. The molecule has 2 N–H and O–H groups in total. The Bertz CT molecular complexity index is 616. The fourth-order valence-corrected chi connectivity index (χ4v) is 2.69. The summed E-state index contributed by atoms with van der Waals surface area (Å²) in [5, 5.41) is 13.2. The van der Waals surface area contributed by atoms with Gasteiger partial charge in [-0.25, -0.2) is 0 Å². The topological polar surface area (TPSA) is 86.2 Å². The summed E-state index contributed by atoms with van der Waals surface area (Å²) in [7, 11) is 3.02. The van der Waals surface area contributed by atoms with E-state index in [-0.39, 0.29) is 30.3 Å². The third kappa shape index (κ3) is 4.55. The van der Waals surface area contributed by atoms with Crippen molar-refractivity contribution in [2.75, 3.05) is 27.4 Å². The monoisotopic (exact) mass is 353 g/mol. The van der Waals surface area contributed by atoms with Gasteiger partial charge in [0.25, 0.3) is 0 Å². The van der Waals surface area contributed by atoms with Gasteiger partial charge in [0.05, 0.1) is 20.6 Å². The molecule has 25 heavy (non-hydrogen) atoms. The van der Waals surface area contributed by atoms with Crippen LogP contribution < -0.4 is 24.3 Å². The lowest BCUT2D eigenvalue weighted by atomic mass is 9.93. The molecule has 0 saturated carbocycles. The van der Waals surface area contributed by atoms with Crippen LogP contribution in [0.15, 0.2) is 6.07 Å². The van der Waals surface area contributed by atoms with Crippen molar-refractivity contribution in [2.24, 2.45) is 0 Å². The number of carbonyl (C=O) groups is 1. The molecule has 0 spiro atoms. The minimum absolute atomic E-state index is 0.0223. The van der Waals surface area contributed by atoms with Crippen molar-refractivity contribution in [2.45, 2.75) is 45.3 Å². The van der Waals surface area contributed by atoms with Crippen molar-refractivity contribution in [3.05, 3.63) is 11.6 Å². The van der Waals surface area contributed by atoms with E-state index in [1.54, 1.807) is 6.07 Å².